The van der Waals surface area contributed by atoms with E-state index in [0.717, 1.165) is 18.5 Å². The molecule has 1 nitrogen and oxygen atoms in total. The highest BCUT2D eigenvalue weighted by atomic mass is 14.6. The van der Waals surface area contributed by atoms with E-state index in [1.54, 1.807) is 0 Å². The maximum absolute atomic E-state index is 5.98. The molecule has 1 heteroatoms. The predicted octanol–water partition coefficient (Wildman–Crippen LogP) is 3.86. The van der Waals surface area contributed by atoms with Gasteiger partial charge in [-0.25, -0.2) is 0 Å². The summed E-state index contributed by atoms with van der Waals surface area (Å²) < 4.78 is 0. The number of nitrogen functional groups attached to an aromatic ring is 1. The van der Waals surface area contributed by atoms with Gasteiger partial charge in [-0.3, -0.25) is 0 Å². The molecule has 15 heavy (non-hydrogen) atoms. The van der Waals surface area contributed by atoms with Crippen molar-refractivity contribution in [3.05, 3.63) is 35.9 Å². The molecular weight excluding hydrogens is 182 g/mol. The monoisotopic (exact) mass is 201 g/mol. The van der Waals surface area contributed by atoms with Gasteiger partial charge in [-0.2, -0.15) is 0 Å². The highest BCUT2D eigenvalue weighted by molar-refractivity contribution is 5.75. The number of para-hydroxylation sites is 1. The molecule has 0 radical (unpaired) electrons. The molecule has 0 heterocycles. The quantitative estimate of drug-likeness (QED) is 0.686. The lowest BCUT2D eigenvalue weighted by molar-refractivity contribution is 0.335. The molecule has 0 spiro atoms. The van der Waals surface area contributed by atoms with Gasteiger partial charge in [-0.1, -0.05) is 38.1 Å². The summed E-state index contributed by atoms with van der Waals surface area (Å²) in [6.07, 6.45) is 5.93. The minimum Gasteiger partial charge on any atom is -0.398 e. The van der Waals surface area contributed by atoms with Gasteiger partial charge in [0.15, 0.2) is 0 Å². The topological polar surface area (TPSA) is 26.0 Å². The minimum atomic E-state index is 0.465. The zero-order chi connectivity index (χ0) is 10.9. The number of anilines is 1. The van der Waals surface area contributed by atoms with Gasteiger partial charge in [0, 0.05) is 11.3 Å². The second kappa shape index (κ2) is 3.73. The first-order chi connectivity index (χ1) is 7.08. The second-order valence-electron chi connectivity index (χ2n) is 5.18. The van der Waals surface area contributed by atoms with E-state index >= 15 is 0 Å². The fourth-order valence-corrected chi connectivity index (χ4v) is 2.11. The van der Waals surface area contributed by atoms with E-state index in [1.165, 1.54) is 17.6 Å². The van der Waals surface area contributed by atoms with Crippen LogP contribution in [0.2, 0.25) is 0 Å². The molecule has 1 aliphatic rings. The SMILES string of the molecule is CC1(C)CC=C(c2ccccc2N)CC1. The van der Waals surface area contributed by atoms with Crippen LogP contribution in [0, 0.1) is 5.41 Å². The number of nitrogens with two attached hydrogens (primary N) is 1. The molecule has 80 valence electrons. The zero-order valence-electron chi connectivity index (χ0n) is 9.59. The predicted molar refractivity (Wildman–Crippen MR) is 66.5 cm³/mol. The molecule has 0 unspecified atom stereocenters. The number of allylic oxidation sites excluding steroid dienone is 2. The van der Waals surface area contributed by atoms with E-state index in [0.29, 0.717) is 5.41 Å². The van der Waals surface area contributed by atoms with Gasteiger partial charge in [0.1, 0.15) is 0 Å². The van der Waals surface area contributed by atoms with E-state index in [-0.39, 0.29) is 0 Å². The van der Waals surface area contributed by atoms with Crippen LogP contribution in [0.3, 0.4) is 0 Å². The fraction of sp³-hybridized carbons (Fsp3) is 0.429. The molecule has 0 aliphatic heterocycles. The zero-order valence-corrected chi connectivity index (χ0v) is 9.59. The summed E-state index contributed by atoms with van der Waals surface area (Å²) >= 11 is 0. The van der Waals surface area contributed by atoms with Crippen molar-refractivity contribution in [1.82, 2.24) is 0 Å². The van der Waals surface area contributed by atoms with Gasteiger partial charge in [0.05, 0.1) is 0 Å². The molecule has 2 N–H and O–H groups in total. The van der Waals surface area contributed by atoms with Crippen LogP contribution in [-0.2, 0) is 0 Å². The minimum absolute atomic E-state index is 0.465. The lowest BCUT2D eigenvalue weighted by Gasteiger charge is -2.29. The van der Waals surface area contributed by atoms with Gasteiger partial charge in [0.25, 0.3) is 0 Å². The van der Waals surface area contributed by atoms with E-state index in [1.807, 2.05) is 12.1 Å². The standard InChI is InChI=1S/C14H19N/c1-14(2)9-7-11(8-10-14)12-5-3-4-6-13(12)15/h3-7H,8-10,15H2,1-2H3. The van der Waals surface area contributed by atoms with Gasteiger partial charge in [-0.05, 0) is 36.3 Å². The Hall–Kier alpha value is -1.24. The van der Waals surface area contributed by atoms with Crippen LogP contribution in [-0.4, -0.2) is 0 Å². The summed E-state index contributed by atoms with van der Waals surface area (Å²) in [6, 6.07) is 8.16. The third-order valence-electron chi connectivity index (χ3n) is 3.28. The highest BCUT2D eigenvalue weighted by Crippen LogP contribution is 2.38. The molecule has 0 saturated heterocycles. The van der Waals surface area contributed by atoms with Crippen LogP contribution in [0.4, 0.5) is 5.69 Å². The Labute approximate surface area is 92.0 Å². The van der Waals surface area contributed by atoms with Gasteiger partial charge in [0.2, 0.25) is 0 Å². The summed E-state index contributed by atoms with van der Waals surface area (Å²) in [5.74, 6) is 0. The summed E-state index contributed by atoms with van der Waals surface area (Å²) in [7, 11) is 0. The van der Waals surface area contributed by atoms with Crippen LogP contribution < -0.4 is 5.73 Å². The van der Waals surface area contributed by atoms with Gasteiger partial charge < -0.3 is 5.73 Å². The molecule has 1 aliphatic carbocycles. The molecule has 0 bridgehead atoms. The largest absolute Gasteiger partial charge is 0.398 e. The molecular formula is C14H19N. The molecule has 0 saturated carbocycles. The molecule has 1 aromatic rings. The molecule has 0 aromatic heterocycles. The van der Waals surface area contributed by atoms with E-state index in [2.05, 4.69) is 32.1 Å². The Morgan fingerprint density at radius 3 is 2.53 bits per heavy atom. The highest BCUT2D eigenvalue weighted by Gasteiger charge is 2.22. The van der Waals surface area contributed by atoms with Crippen LogP contribution in [0.15, 0.2) is 30.3 Å². The van der Waals surface area contributed by atoms with Crippen molar-refractivity contribution in [2.75, 3.05) is 5.73 Å². The van der Waals surface area contributed by atoms with Crippen molar-refractivity contribution >= 4 is 11.3 Å². The average Bonchev–Trinajstić information content (AvgIpc) is 2.19. The Morgan fingerprint density at radius 1 is 1.20 bits per heavy atom. The van der Waals surface area contributed by atoms with Crippen molar-refractivity contribution in [1.29, 1.82) is 0 Å². The summed E-state index contributed by atoms with van der Waals surface area (Å²) in [4.78, 5) is 0. The third kappa shape index (κ3) is 2.23. The van der Waals surface area contributed by atoms with Crippen molar-refractivity contribution < 1.29 is 0 Å². The van der Waals surface area contributed by atoms with Crippen molar-refractivity contribution in [2.45, 2.75) is 33.1 Å². The number of hydrogen-bond acceptors (Lipinski definition) is 1. The maximum atomic E-state index is 5.98. The summed E-state index contributed by atoms with van der Waals surface area (Å²) in [5, 5.41) is 0. The fourth-order valence-electron chi connectivity index (χ4n) is 2.11. The number of benzene rings is 1. The summed E-state index contributed by atoms with van der Waals surface area (Å²) in [6.45, 7) is 4.66. The second-order valence-corrected chi connectivity index (χ2v) is 5.18. The Morgan fingerprint density at radius 2 is 1.93 bits per heavy atom. The first-order valence-electron chi connectivity index (χ1n) is 5.62. The third-order valence-corrected chi connectivity index (χ3v) is 3.28. The average molecular weight is 201 g/mol. The van der Waals surface area contributed by atoms with Crippen molar-refractivity contribution in [2.24, 2.45) is 5.41 Å². The lowest BCUT2D eigenvalue weighted by Crippen LogP contribution is -2.14. The normalized spacial score (nSPS) is 19.7. The van der Waals surface area contributed by atoms with Crippen LogP contribution in [0.5, 0.6) is 0 Å². The molecule has 0 atom stereocenters. The van der Waals surface area contributed by atoms with Crippen molar-refractivity contribution in [3.63, 3.8) is 0 Å². The number of rotatable bonds is 1. The van der Waals surface area contributed by atoms with Gasteiger partial charge >= 0.3 is 0 Å². The molecule has 0 amide bonds. The first kappa shape index (κ1) is 10.3. The van der Waals surface area contributed by atoms with Crippen LogP contribution in [0.1, 0.15) is 38.7 Å². The Balaban J connectivity index is 2.27. The summed E-state index contributed by atoms with van der Waals surface area (Å²) in [5.41, 5.74) is 10.0. The Kier molecular flexibility index (Phi) is 2.56. The van der Waals surface area contributed by atoms with E-state index < -0.39 is 0 Å². The molecule has 0 fully saturated rings. The lowest BCUT2D eigenvalue weighted by atomic mass is 9.77. The van der Waals surface area contributed by atoms with Crippen LogP contribution >= 0.6 is 0 Å². The smallest absolute Gasteiger partial charge is 0.0390 e. The van der Waals surface area contributed by atoms with Crippen LogP contribution in [0.25, 0.3) is 5.57 Å². The van der Waals surface area contributed by atoms with Crippen molar-refractivity contribution in [3.8, 4) is 0 Å². The number of hydrogen-bond donors (Lipinski definition) is 1. The maximum Gasteiger partial charge on any atom is 0.0390 e. The Bertz CT molecular complexity index is 388. The molecule has 1 aromatic carbocycles. The van der Waals surface area contributed by atoms with Gasteiger partial charge in [-0.15, -0.1) is 0 Å². The molecule has 2 rings (SSSR count). The first-order valence-corrected chi connectivity index (χ1v) is 5.62. The van der Waals surface area contributed by atoms with E-state index in [4.69, 9.17) is 5.73 Å². The van der Waals surface area contributed by atoms with E-state index in [9.17, 15) is 0 Å².